The summed E-state index contributed by atoms with van der Waals surface area (Å²) < 4.78 is 1.09. The Bertz CT molecular complexity index is 615. The number of nitro groups is 1. The molecule has 2 N–H and O–H groups in total. The molecule has 1 aromatic carbocycles. The zero-order valence-electron chi connectivity index (χ0n) is 10.9. The van der Waals surface area contributed by atoms with E-state index in [1.54, 1.807) is 36.6 Å². The van der Waals surface area contributed by atoms with Gasteiger partial charge in [-0.05, 0) is 46.6 Å². The van der Waals surface area contributed by atoms with Gasteiger partial charge in [0.05, 0.1) is 8.71 Å². The third kappa shape index (κ3) is 3.49. The highest BCUT2D eigenvalue weighted by Crippen LogP contribution is 2.32. The molecule has 1 aromatic heterocycles. The lowest BCUT2D eigenvalue weighted by molar-refractivity contribution is -0.383. The highest BCUT2D eigenvalue weighted by atomic mass is 79.9. The van der Waals surface area contributed by atoms with Crippen LogP contribution in [0.4, 0.5) is 17.1 Å². The maximum Gasteiger partial charge on any atom is 0.315 e. The Morgan fingerprint density at radius 2 is 2.05 bits per heavy atom. The Morgan fingerprint density at radius 1 is 1.30 bits per heavy atom. The summed E-state index contributed by atoms with van der Waals surface area (Å²) in [4.78, 5) is 12.0. The minimum atomic E-state index is -0.365. The van der Waals surface area contributed by atoms with E-state index in [-0.39, 0.29) is 10.6 Å². The standard InChI is InChI=1S/C13H14BrN3O2S/c1-15-10-3-2-4-11(13(10)17(18)19)16-8-7-9-5-6-12(14)20-9/h2-6,15-16H,7-8H2,1H3. The Labute approximate surface area is 129 Å². The molecule has 0 bridgehead atoms. The van der Waals surface area contributed by atoms with E-state index in [0.717, 1.165) is 10.2 Å². The average Bonchev–Trinajstić information content (AvgIpc) is 2.83. The highest BCUT2D eigenvalue weighted by Gasteiger charge is 2.18. The highest BCUT2D eigenvalue weighted by molar-refractivity contribution is 9.11. The molecule has 0 radical (unpaired) electrons. The van der Waals surface area contributed by atoms with E-state index in [2.05, 4.69) is 32.6 Å². The fourth-order valence-corrected chi connectivity index (χ4v) is 3.37. The summed E-state index contributed by atoms with van der Waals surface area (Å²) in [7, 11) is 1.68. The average molecular weight is 356 g/mol. The summed E-state index contributed by atoms with van der Waals surface area (Å²) in [5, 5.41) is 17.1. The number of nitro benzene ring substituents is 1. The second-order valence-electron chi connectivity index (χ2n) is 4.09. The second-order valence-corrected chi connectivity index (χ2v) is 6.64. The van der Waals surface area contributed by atoms with Gasteiger partial charge in [0.2, 0.25) is 0 Å². The molecule has 2 aromatic rings. The number of benzene rings is 1. The molecule has 0 saturated carbocycles. The molecule has 106 valence electrons. The minimum Gasteiger partial charge on any atom is -0.382 e. The second kappa shape index (κ2) is 6.71. The largest absolute Gasteiger partial charge is 0.382 e. The van der Waals surface area contributed by atoms with Crippen LogP contribution in [-0.2, 0) is 6.42 Å². The summed E-state index contributed by atoms with van der Waals surface area (Å²) in [5.74, 6) is 0. The van der Waals surface area contributed by atoms with E-state index in [1.165, 1.54) is 4.88 Å². The van der Waals surface area contributed by atoms with Gasteiger partial charge in [-0.1, -0.05) is 6.07 Å². The van der Waals surface area contributed by atoms with E-state index >= 15 is 0 Å². The molecule has 0 aliphatic carbocycles. The first-order chi connectivity index (χ1) is 9.61. The fourth-order valence-electron chi connectivity index (χ4n) is 1.89. The van der Waals surface area contributed by atoms with Crippen molar-refractivity contribution in [3.05, 3.63) is 49.1 Å². The molecule has 5 nitrogen and oxygen atoms in total. The van der Waals surface area contributed by atoms with E-state index in [1.807, 2.05) is 6.07 Å². The van der Waals surface area contributed by atoms with Crippen LogP contribution in [-0.4, -0.2) is 18.5 Å². The van der Waals surface area contributed by atoms with E-state index in [9.17, 15) is 10.1 Å². The van der Waals surface area contributed by atoms with Crippen molar-refractivity contribution in [2.45, 2.75) is 6.42 Å². The lowest BCUT2D eigenvalue weighted by atomic mass is 10.2. The molecule has 0 aliphatic rings. The molecule has 0 saturated heterocycles. The van der Waals surface area contributed by atoms with Gasteiger partial charge in [-0.2, -0.15) is 0 Å². The topological polar surface area (TPSA) is 67.2 Å². The van der Waals surface area contributed by atoms with Crippen LogP contribution in [0, 0.1) is 10.1 Å². The van der Waals surface area contributed by atoms with E-state index in [0.29, 0.717) is 17.9 Å². The Balaban J connectivity index is 2.07. The quantitative estimate of drug-likeness (QED) is 0.604. The van der Waals surface area contributed by atoms with Crippen molar-refractivity contribution < 1.29 is 4.92 Å². The molecule has 2 rings (SSSR count). The van der Waals surface area contributed by atoms with Crippen LogP contribution in [0.15, 0.2) is 34.1 Å². The Hall–Kier alpha value is -1.60. The van der Waals surface area contributed by atoms with E-state index < -0.39 is 0 Å². The van der Waals surface area contributed by atoms with Gasteiger partial charge in [0.15, 0.2) is 0 Å². The van der Waals surface area contributed by atoms with Crippen molar-refractivity contribution in [3.63, 3.8) is 0 Å². The molecule has 0 spiro atoms. The molecule has 7 heteroatoms. The molecule has 0 atom stereocenters. The summed E-state index contributed by atoms with van der Waals surface area (Å²) in [6.45, 7) is 0.654. The van der Waals surface area contributed by atoms with Crippen LogP contribution in [0.5, 0.6) is 0 Å². The van der Waals surface area contributed by atoms with Gasteiger partial charge in [-0.3, -0.25) is 10.1 Å². The third-order valence-electron chi connectivity index (χ3n) is 2.80. The normalized spacial score (nSPS) is 10.3. The maximum atomic E-state index is 11.2. The number of para-hydroxylation sites is 1. The van der Waals surface area contributed by atoms with Gasteiger partial charge in [0, 0.05) is 18.5 Å². The molecule has 1 heterocycles. The van der Waals surface area contributed by atoms with Crippen LogP contribution < -0.4 is 10.6 Å². The fraction of sp³-hybridized carbons (Fsp3) is 0.231. The number of halogens is 1. The first-order valence-electron chi connectivity index (χ1n) is 6.05. The zero-order valence-corrected chi connectivity index (χ0v) is 13.3. The van der Waals surface area contributed by atoms with Crippen LogP contribution in [0.3, 0.4) is 0 Å². The smallest absolute Gasteiger partial charge is 0.315 e. The monoisotopic (exact) mass is 355 g/mol. The lowest BCUT2D eigenvalue weighted by Gasteiger charge is -2.09. The molecule has 20 heavy (non-hydrogen) atoms. The zero-order chi connectivity index (χ0) is 14.5. The first kappa shape index (κ1) is 14.8. The maximum absolute atomic E-state index is 11.2. The van der Waals surface area contributed by atoms with Gasteiger partial charge in [0.25, 0.3) is 0 Å². The third-order valence-corrected chi connectivity index (χ3v) is 4.49. The van der Waals surface area contributed by atoms with Crippen molar-refractivity contribution in [1.82, 2.24) is 0 Å². The van der Waals surface area contributed by atoms with Crippen molar-refractivity contribution >= 4 is 44.3 Å². The number of nitrogens with one attached hydrogen (secondary N) is 2. The van der Waals surface area contributed by atoms with Crippen LogP contribution >= 0.6 is 27.3 Å². The van der Waals surface area contributed by atoms with Gasteiger partial charge in [-0.15, -0.1) is 11.3 Å². The molecule has 0 aliphatic heterocycles. The first-order valence-corrected chi connectivity index (χ1v) is 7.66. The summed E-state index contributed by atoms with van der Waals surface area (Å²) >= 11 is 5.09. The van der Waals surface area contributed by atoms with Crippen molar-refractivity contribution in [2.24, 2.45) is 0 Å². The number of hydrogen-bond acceptors (Lipinski definition) is 5. The predicted molar refractivity (Wildman–Crippen MR) is 86.9 cm³/mol. The summed E-state index contributed by atoms with van der Waals surface area (Å²) in [5.41, 5.74) is 1.14. The van der Waals surface area contributed by atoms with Crippen molar-refractivity contribution in [1.29, 1.82) is 0 Å². The van der Waals surface area contributed by atoms with Crippen LogP contribution in [0.25, 0.3) is 0 Å². The Kier molecular flexibility index (Phi) is 4.97. The van der Waals surface area contributed by atoms with Crippen molar-refractivity contribution in [3.8, 4) is 0 Å². The number of thiophene rings is 1. The predicted octanol–water partition coefficient (Wildman–Crippen LogP) is 4.12. The number of rotatable bonds is 6. The number of hydrogen-bond donors (Lipinski definition) is 2. The molecular weight excluding hydrogens is 342 g/mol. The van der Waals surface area contributed by atoms with Gasteiger partial charge in [-0.25, -0.2) is 0 Å². The summed E-state index contributed by atoms with van der Waals surface area (Å²) in [6, 6.07) is 9.27. The van der Waals surface area contributed by atoms with Gasteiger partial charge >= 0.3 is 5.69 Å². The molecule has 0 amide bonds. The number of nitrogens with zero attached hydrogens (tertiary/aromatic N) is 1. The van der Waals surface area contributed by atoms with Crippen LogP contribution in [0.2, 0.25) is 0 Å². The van der Waals surface area contributed by atoms with Gasteiger partial charge < -0.3 is 10.6 Å². The SMILES string of the molecule is CNc1cccc(NCCc2ccc(Br)s2)c1[N+](=O)[O-]. The minimum absolute atomic E-state index is 0.0855. The number of anilines is 2. The molecular formula is C13H14BrN3O2S. The molecule has 0 unspecified atom stereocenters. The van der Waals surface area contributed by atoms with E-state index in [4.69, 9.17) is 0 Å². The van der Waals surface area contributed by atoms with Crippen LogP contribution in [0.1, 0.15) is 4.88 Å². The summed E-state index contributed by atoms with van der Waals surface area (Å²) in [6.07, 6.45) is 0.831. The van der Waals surface area contributed by atoms with Gasteiger partial charge in [0.1, 0.15) is 11.4 Å². The Morgan fingerprint density at radius 3 is 2.65 bits per heavy atom. The lowest BCUT2D eigenvalue weighted by Crippen LogP contribution is -2.07. The molecule has 0 fully saturated rings. The van der Waals surface area contributed by atoms with Crippen molar-refractivity contribution in [2.75, 3.05) is 24.2 Å².